The molecule has 0 saturated heterocycles. The smallest absolute Gasteiger partial charge is 0.306 e. The van der Waals surface area contributed by atoms with E-state index in [9.17, 15) is 19.0 Å². The lowest BCUT2D eigenvalue weighted by Gasteiger charge is -2.28. The molecule has 0 spiro atoms. The zero-order valence-electron chi connectivity index (χ0n) is 35.9. The number of carbonyl (C=O) groups excluding carboxylic acids is 2. The highest BCUT2D eigenvalue weighted by Crippen LogP contribution is 2.38. The maximum absolute atomic E-state index is 12.7. The predicted octanol–water partition coefficient (Wildman–Crippen LogP) is 11.7. The third kappa shape index (κ3) is 41.4. The molecular formula is C45H82NO8P. The zero-order valence-corrected chi connectivity index (χ0v) is 36.8. The van der Waals surface area contributed by atoms with Crippen LogP contribution in [0.4, 0.5) is 0 Å². The molecule has 0 rings (SSSR count). The normalized spacial score (nSPS) is 14.1. The number of allylic oxidation sites excluding steroid dienone is 8. The molecule has 0 fully saturated rings. The van der Waals surface area contributed by atoms with E-state index in [-0.39, 0.29) is 26.1 Å². The van der Waals surface area contributed by atoms with Crippen molar-refractivity contribution >= 4 is 19.8 Å². The second-order valence-electron chi connectivity index (χ2n) is 15.7. The van der Waals surface area contributed by atoms with Gasteiger partial charge in [-0.3, -0.25) is 14.2 Å². The van der Waals surface area contributed by atoms with Gasteiger partial charge in [0.05, 0.1) is 27.7 Å². The molecule has 0 heterocycles. The minimum absolute atomic E-state index is 0.0363. The molecule has 0 aromatic carbocycles. The van der Waals surface area contributed by atoms with Gasteiger partial charge in [-0.05, 0) is 70.6 Å². The van der Waals surface area contributed by atoms with Crippen molar-refractivity contribution in [3.8, 4) is 0 Å². The number of unbranched alkanes of at least 4 members (excludes halogenated alkanes) is 17. The quantitative estimate of drug-likeness (QED) is 0.0199. The fourth-order valence-electron chi connectivity index (χ4n) is 5.58. The van der Waals surface area contributed by atoms with E-state index in [2.05, 4.69) is 62.5 Å². The fourth-order valence-corrected chi connectivity index (χ4v) is 6.31. The van der Waals surface area contributed by atoms with Gasteiger partial charge < -0.3 is 27.9 Å². The number of ether oxygens (including phenoxy) is 2. The van der Waals surface area contributed by atoms with Gasteiger partial charge in [0.2, 0.25) is 0 Å². The van der Waals surface area contributed by atoms with E-state index in [0.717, 1.165) is 77.0 Å². The van der Waals surface area contributed by atoms with Crippen LogP contribution >= 0.6 is 7.82 Å². The minimum Gasteiger partial charge on any atom is -0.756 e. The average molecular weight is 796 g/mol. The first-order valence-corrected chi connectivity index (χ1v) is 23.3. The van der Waals surface area contributed by atoms with Crippen molar-refractivity contribution in [1.29, 1.82) is 0 Å². The minimum atomic E-state index is -4.63. The lowest BCUT2D eigenvalue weighted by Crippen LogP contribution is -2.37. The van der Waals surface area contributed by atoms with Gasteiger partial charge in [-0.25, -0.2) is 0 Å². The zero-order chi connectivity index (χ0) is 40.7. The van der Waals surface area contributed by atoms with E-state index in [0.29, 0.717) is 23.9 Å². The van der Waals surface area contributed by atoms with Gasteiger partial charge in [0.1, 0.15) is 19.8 Å². The van der Waals surface area contributed by atoms with Crippen LogP contribution in [0.1, 0.15) is 174 Å². The molecule has 0 aliphatic rings. The van der Waals surface area contributed by atoms with Gasteiger partial charge in [0.25, 0.3) is 7.82 Å². The molecule has 55 heavy (non-hydrogen) atoms. The molecule has 0 amide bonds. The SMILES string of the molecule is CCCC/C=C/C/C=C/CCCCCCCC(=O)OC[C@H](COP(=O)([O-])OCC[N+](C)(C)C)OC(=O)CCCCCCCCC/C=C/C/C=C/CCCCC. The topological polar surface area (TPSA) is 111 Å². The van der Waals surface area contributed by atoms with Crippen molar-refractivity contribution in [3.63, 3.8) is 0 Å². The summed E-state index contributed by atoms with van der Waals surface area (Å²) in [5.41, 5.74) is 0. The Kier molecular flexibility index (Phi) is 36.2. The molecule has 9 nitrogen and oxygen atoms in total. The van der Waals surface area contributed by atoms with E-state index < -0.39 is 32.5 Å². The van der Waals surface area contributed by atoms with Crippen molar-refractivity contribution in [1.82, 2.24) is 0 Å². The summed E-state index contributed by atoms with van der Waals surface area (Å²) < 4.78 is 33.9. The third-order valence-electron chi connectivity index (χ3n) is 9.07. The van der Waals surface area contributed by atoms with Crippen molar-refractivity contribution in [2.45, 2.75) is 180 Å². The van der Waals surface area contributed by atoms with Gasteiger partial charge in [0.15, 0.2) is 6.10 Å². The molecule has 0 aromatic rings. The Balaban J connectivity index is 4.40. The van der Waals surface area contributed by atoms with Crippen LogP contribution in [0.2, 0.25) is 0 Å². The number of phosphoric ester groups is 1. The van der Waals surface area contributed by atoms with Gasteiger partial charge >= 0.3 is 11.9 Å². The monoisotopic (exact) mass is 796 g/mol. The Bertz CT molecular complexity index is 1080. The summed E-state index contributed by atoms with van der Waals surface area (Å²) >= 11 is 0. The first kappa shape index (κ1) is 53.0. The highest BCUT2D eigenvalue weighted by atomic mass is 31.2. The number of quaternary nitrogens is 1. The van der Waals surface area contributed by atoms with Crippen molar-refractivity contribution < 1.29 is 42.1 Å². The van der Waals surface area contributed by atoms with Crippen LogP contribution < -0.4 is 4.89 Å². The number of rotatable bonds is 39. The number of hydrogen-bond acceptors (Lipinski definition) is 8. The second-order valence-corrected chi connectivity index (χ2v) is 17.1. The number of hydrogen-bond donors (Lipinski definition) is 0. The Labute approximate surface area is 337 Å². The van der Waals surface area contributed by atoms with Crippen LogP contribution in [0, 0.1) is 0 Å². The number of esters is 2. The van der Waals surface area contributed by atoms with E-state index in [1.807, 2.05) is 21.1 Å². The first-order valence-electron chi connectivity index (χ1n) is 21.8. The maximum Gasteiger partial charge on any atom is 0.306 e. The third-order valence-corrected chi connectivity index (χ3v) is 10.0. The summed E-state index contributed by atoms with van der Waals surface area (Å²) in [6, 6.07) is 0. The van der Waals surface area contributed by atoms with E-state index in [1.165, 1.54) is 57.8 Å². The Hall–Kier alpha value is -2.03. The van der Waals surface area contributed by atoms with Gasteiger partial charge in [-0.2, -0.15) is 0 Å². The Morgan fingerprint density at radius 3 is 1.49 bits per heavy atom. The van der Waals surface area contributed by atoms with Crippen LogP contribution in [0.5, 0.6) is 0 Å². The molecule has 320 valence electrons. The average Bonchev–Trinajstić information content (AvgIpc) is 3.13. The molecule has 0 aliphatic heterocycles. The molecule has 0 aromatic heterocycles. The molecule has 0 bridgehead atoms. The van der Waals surface area contributed by atoms with Crippen LogP contribution in [-0.2, 0) is 32.7 Å². The largest absolute Gasteiger partial charge is 0.756 e. The molecule has 0 N–H and O–H groups in total. The predicted molar refractivity (Wildman–Crippen MR) is 227 cm³/mol. The molecule has 0 aliphatic carbocycles. The van der Waals surface area contributed by atoms with Crippen LogP contribution in [0.3, 0.4) is 0 Å². The van der Waals surface area contributed by atoms with Gasteiger partial charge in [0, 0.05) is 12.8 Å². The fraction of sp³-hybridized carbons (Fsp3) is 0.778. The van der Waals surface area contributed by atoms with Crippen LogP contribution in [0.15, 0.2) is 48.6 Å². The summed E-state index contributed by atoms with van der Waals surface area (Å²) in [6.07, 6.45) is 42.7. The van der Waals surface area contributed by atoms with Crippen LogP contribution in [0.25, 0.3) is 0 Å². The summed E-state index contributed by atoms with van der Waals surface area (Å²) in [4.78, 5) is 37.5. The number of carbonyl (C=O) groups is 2. The van der Waals surface area contributed by atoms with E-state index >= 15 is 0 Å². The van der Waals surface area contributed by atoms with Crippen molar-refractivity contribution in [3.05, 3.63) is 48.6 Å². The number of nitrogens with zero attached hydrogens (tertiary/aromatic N) is 1. The van der Waals surface area contributed by atoms with E-state index in [4.69, 9.17) is 18.5 Å². The van der Waals surface area contributed by atoms with Crippen LogP contribution in [-0.4, -0.2) is 70.0 Å². The summed E-state index contributed by atoms with van der Waals surface area (Å²) in [6.45, 7) is 4.13. The molecular weight excluding hydrogens is 713 g/mol. The highest BCUT2D eigenvalue weighted by Gasteiger charge is 2.21. The summed E-state index contributed by atoms with van der Waals surface area (Å²) in [5.74, 6) is -0.862. The van der Waals surface area contributed by atoms with E-state index in [1.54, 1.807) is 0 Å². The standard InChI is InChI=1S/C45H82NO8P/c1-6-8-10-12-14-16-18-20-22-23-24-26-28-30-32-34-36-38-45(48)54-43(42-53-55(49,50)52-40-39-46(3,4)5)41-51-44(47)37-35-33-31-29-27-25-21-19-17-15-13-11-9-7-2/h13-16,19-22,43H,6-12,17-18,23-42H2,1-5H3/b15-13+,16-14+,21-19+,22-20+/t43-/m1/s1. The molecule has 1 unspecified atom stereocenters. The Morgan fingerprint density at radius 1 is 0.564 bits per heavy atom. The maximum atomic E-state index is 12.7. The van der Waals surface area contributed by atoms with Gasteiger partial charge in [-0.1, -0.05) is 140 Å². The number of phosphoric acid groups is 1. The lowest BCUT2D eigenvalue weighted by atomic mass is 10.1. The highest BCUT2D eigenvalue weighted by molar-refractivity contribution is 7.45. The van der Waals surface area contributed by atoms with Gasteiger partial charge in [-0.15, -0.1) is 0 Å². The van der Waals surface area contributed by atoms with Crippen molar-refractivity contribution in [2.75, 3.05) is 47.5 Å². The molecule has 0 radical (unpaired) electrons. The second kappa shape index (κ2) is 37.5. The molecule has 10 heteroatoms. The summed E-state index contributed by atoms with van der Waals surface area (Å²) in [7, 11) is 1.15. The Morgan fingerprint density at radius 2 is 1.00 bits per heavy atom. The molecule has 0 saturated carbocycles. The molecule has 2 atom stereocenters. The first-order chi connectivity index (χ1) is 26.5. The van der Waals surface area contributed by atoms with Crippen molar-refractivity contribution in [2.24, 2.45) is 0 Å². The summed E-state index contributed by atoms with van der Waals surface area (Å²) in [5, 5.41) is 0. The lowest BCUT2D eigenvalue weighted by molar-refractivity contribution is -0.870. The number of likely N-dealkylation sites (N-methyl/N-ethyl adjacent to an activating group) is 1.